The smallest absolute Gasteiger partial charge is 0.136 e. The minimum Gasteiger partial charge on any atom is -0.456 e. The van der Waals surface area contributed by atoms with Crippen molar-refractivity contribution in [3.05, 3.63) is 461 Å². The van der Waals surface area contributed by atoms with Crippen LogP contribution < -0.4 is 0 Å². The summed E-state index contributed by atoms with van der Waals surface area (Å²) in [6, 6.07) is 165. The lowest BCUT2D eigenvalue weighted by Gasteiger charge is -2.23. The largest absolute Gasteiger partial charge is 0.456 e. The minimum atomic E-state index is 0.0375. The van der Waals surface area contributed by atoms with E-state index in [-0.39, 0.29) is 5.41 Å². The molecule has 0 saturated carbocycles. The average molecular weight is 1670 g/mol. The van der Waals surface area contributed by atoms with E-state index in [0.717, 1.165) is 65.8 Å². The third kappa shape index (κ3) is 13.3. The molecule has 0 aliphatic carbocycles. The molecule has 24 aromatic carbocycles. The number of benzene rings is 24. The van der Waals surface area contributed by atoms with Crippen molar-refractivity contribution in [2.75, 3.05) is 0 Å². The second kappa shape index (κ2) is 31.1. The fraction of sp³-hybridized carbons (Fsp3) is 0.0312. The van der Waals surface area contributed by atoms with E-state index in [1.807, 2.05) is 0 Å². The maximum atomic E-state index is 6.42. The molecule has 0 bridgehead atoms. The molecule has 0 saturated heterocycles. The van der Waals surface area contributed by atoms with Crippen molar-refractivity contribution in [2.24, 2.45) is 0 Å². The van der Waals surface area contributed by atoms with Gasteiger partial charge in [0.25, 0.3) is 0 Å². The van der Waals surface area contributed by atoms with Gasteiger partial charge < -0.3 is 13.3 Å². The van der Waals surface area contributed by atoms with Crippen LogP contribution in [-0.4, -0.2) is 0 Å². The van der Waals surface area contributed by atoms with Gasteiger partial charge in [-0.25, -0.2) is 0 Å². The van der Waals surface area contributed by atoms with Gasteiger partial charge in [0.05, 0.1) is 0 Å². The van der Waals surface area contributed by atoms with Crippen molar-refractivity contribution in [3.8, 4) is 89.0 Å². The molecule has 3 aromatic heterocycles. The highest BCUT2D eigenvalue weighted by atomic mass is 16.3. The lowest BCUT2D eigenvalue weighted by molar-refractivity contribution is 0.591. The van der Waals surface area contributed by atoms with Crippen LogP contribution in [0.5, 0.6) is 0 Å². The Morgan fingerprint density at radius 1 is 0.130 bits per heavy atom. The maximum Gasteiger partial charge on any atom is 0.136 e. The van der Waals surface area contributed by atoms with E-state index in [1.54, 1.807) is 0 Å². The molecule has 614 valence electrons. The maximum absolute atomic E-state index is 6.42. The molecule has 3 heterocycles. The molecule has 131 heavy (non-hydrogen) atoms. The molecule has 0 radical (unpaired) electrons. The number of rotatable bonds is 8. The summed E-state index contributed by atoms with van der Waals surface area (Å²) in [5, 5.41) is 31.7. The van der Waals surface area contributed by atoms with Crippen LogP contribution in [0.1, 0.15) is 26.3 Å². The van der Waals surface area contributed by atoms with Crippen LogP contribution in [0.4, 0.5) is 0 Å². The van der Waals surface area contributed by atoms with Crippen molar-refractivity contribution in [2.45, 2.75) is 26.2 Å². The zero-order valence-corrected chi connectivity index (χ0v) is 72.5. The second-order valence-electron chi connectivity index (χ2n) is 36.0. The first-order chi connectivity index (χ1) is 64.5. The van der Waals surface area contributed by atoms with E-state index in [0.29, 0.717) is 0 Å². The molecule has 0 atom stereocenters. The number of hydrogen-bond acceptors (Lipinski definition) is 3. The molecular formula is C128H84O3. The van der Waals surface area contributed by atoms with Crippen LogP contribution in [0.3, 0.4) is 0 Å². The molecule has 27 aromatic rings. The summed E-state index contributed by atoms with van der Waals surface area (Å²) in [7, 11) is 0. The Balaban J connectivity index is 0.000000106. The van der Waals surface area contributed by atoms with Gasteiger partial charge in [-0.05, 0) is 305 Å². The topological polar surface area (TPSA) is 39.4 Å². The SMILES string of the molecule is CC(C)(C)c1ccc2c(-c3ccccc3)c3ccccc3c(-c3ccc4oc5cc6ccccc6cc5c4c3)c2c1.c1ccc(-c2c3ccccc3c(-c3ccc4oc5cc6ccccc6cc5c4c3)c3cc(-c4ccc5ccccc5c4)ccc23)cc1.c1ccc(-c2ccc3c(-c4ccc5oc6cc7ccccc7cc6c5c4)c4ccccc4c(-c4ccccc4)c3c2)cc1. The van der Waals surface area contributed by atoms with Gasteiger partial charge in [0.2, 0.25) is 0 Å². The van der Waals surface area contributed by atoms with Gasteiger partial charge in [0, 0.05) is 32.3 Å². The Hall–Kier alpha value is -16.7. The zero-order chi connectivity index (χ0) is 86.9. The van der Waals surface area contributed by atoms with E-state index in [2.05, 4.69) is 476 Å². The van der Waals surface area contributed by atoms with Crippen molar-refractivity contribution < 1.29 is 13.3 Å². The van der Waals surface area contributed by atoms with Gasteiger partial charge in [-0.3, -0.25) is 0 Å². The van der Waals surface area contributed by atoms with Crippen LogP contribution in [0.2, 0.25) is 0 Å². The summed E-state index contributed by atoms with van der Waals surface area (Å²) in [5.41, 5.74) is 26.6. The predicted octanol–water partition coefficient (Wildman–Crippen LogP) is 36.9. The molecule has 0 N–H and O–H groups in total. The minimum absolute atomic E-state index is 0.0375. The lowest BCUT2D eigenvalue weighted by Crippen LogP contribution is -2.10. The van der Waals surface area contributed by atoms with Crippen LogP contribution in [0, 0.1) is 0 Å². The highest BCUT2D eigenvalue weighted by Crippen LogP contribution is 2.52. The Morgan fingerprint density at radius 3 is 0.718 bits per heavy atom. The van der Waals surface area contributed by atoms with E-state index in [4.69, 9.17) is 13.3 Å². The summed E-state index contributed by atoms with van der Waals surface area (Å²) < 4.78 is 19.2. The summed E-state index contributed by atoms with van der Waals surface area (Å²) in [6.45, 7) is 6.88. The molecule has 0 unspecified atom stereocenters. The van der Waals surface area contributed by atoms with Crippen LogP contribution in [0.25, 0.3) is 263 Å². The van der Waals surface area contributed by atoms with Crippen molar-refractivity contribution in [1.82, 2.24) is 0 Å². The standard InChI is InChI=1S/C46H28O.C42H26O.C40H30O/c1-2-11-30(12-3-1)45-37-16-8-9-17-38(37)46(42-26-35(20-22-39(42)45)34-19-18-29-10-4-5-13-31(29)24-34)36-21-23-43-40(27-36)41-25-32-14-6-7-15-33(32)28-44(41)47-43;1-3-11-27(12-4-1)31-19-21-35-38(24-31)41(28-13-5-2-6-14-28)33-17-9-10-18-34(33)42(35)32-20-22-39-36(25-32)37-23-29-15-7-8-16-30(29)26-40(37)43-39;1-40(2,3)29-18-19-32-35(24-29)39(31-16-10-9-15-30(31)38(32)25-11-5-4-6-12-25)28-17-20-36-33(22-28)34-21-26-13-7-8-14-27(26)23-37(34)41-36/h1-28H;1-26H;4-24H,1-3H3. The summed E-state index contributed by atoms with van der Waals surface area (Å²) >= 11 is 0. The number of furan rings is 3. The Bertz CT molecular complexity index is 9310. The van der Waals surface area contributed by atoms with Gasteiger partial charge in [-0.2, -0.15) is 0 Å². The third-order valence-electron chi connectivity index (χ3n) is 27.2. The van der Waals surface area contributed by atoms with Gasteiger partial charge in [-0.1, -0.05) is 379 Å². The monoisotopic (exact) mass is 1670 g/mol. The first-order valence-electron chi connectivity index (χ1n) is 45.3. The normalized spacial score (nSPS) is 11.9. The molecule has 0 spiro atoms. The van der Waals surface area contributed by atoms with Gasteiger partial charge in [-0.15, -0.1) is 0 Å². The summed E-state index contributed by atoms with van der Waals surface area (Å²) in [6.07, 6.45) is 0. The fourth-order valence-electron chi connectivity index (χ4n) is 20.9. The van der Waals surface area contributed by atoms with Gasteiger partial charge >= 0.3 is 0 Å². The quantitative estimate of drug-likeness (QED) is 0.142. The Kier molecular flexibility index (Phi) is 18.2. The van der Waals surface area contributed by atoms with E-state index < -0.39 is 0 Å². The molecule has 3 heteroatoms. The molecule has 0 amide bonds. The molecule has 3 nitrogen and oxygen atoms in total. The molecule has 0 fully saturated rings. The average Bonchev–Trinajstić information content (AvgIpc) is 1.36. The first-order valence-corrected chi connectivity index (χ1v) is 45.3. The molecule has 27 rings (SSSR count). The number of fused-ring (bicyclic) bond motifs is 19. The lowest BCUT2D eigenvalue weighted by atomic mass is 9.81. The Morgan fingerprint density at radius 2 is 0.359 bits per heavy atom. The van der Waals surface area contributed by atoms with Crippen molar-refractivity contribution >= 4 is 174 Å². The first kappa shape index (κ1) is 76.7. The van der Waals surface area contributed by atoms with Crippen molar-refractivity contribution in [3.63, 3.8) is 0 Å². The molecule has 0 aliphatic rings. The number of hydrogen-bond donors (Lipinski definition) is 0. The molecular weight excluding hydrogens is 1590 g/mol. The highest BCUT2D eigenvalue weighted by molar-refractivity contribution is 6.27. The van der Waals surface area contributed by atoms with Crippen LogP contribution in [0.15, 0.2) is 468 Å². The fourth-order valence-corrected chi connectivity index (χ4v) is 20.9. The van der Waals surface area contributed by atoms with Crippen LogP contribution >= 0.6 is 0 Å². The van der Waals surface area contributed by atoms with Gasteiger partial charge in [0.15, 0.2) is 0 Å². The zero-order valence-electron chi connectivity index (χ0n) is 72.5. The second-order valence-corrected chi connectivity index (χ2v) is 36.0. The predicted molar refractivity (Wildman–Crippen MR) is 558 cm³/mol. The van der Waals surface area contributed by atoms with Crippen LogP contribution in [-0.2, 0) is 5.41 Å². The molecule has 0 aliphatic heterocycles. The third-order valence-corrected chi connectivity index (χ3v) is 27.2. The van der Waals surface area contributed by atoms with Crippen molar-refractivity contribution in [1.29, 1.82) is 0 Å². The Labute approximate surface area is 757 Å². The van der Waals surface area contributed by atoms with E-state index >= 15 is 0 Å². The summed E-state index contributed by atoms with van der Waals surface area (Å²) in [5.74, 6) is 0. The highest BCUT2D eigenvalue weighted by Gasteiger charge is 2.26. The van der Waals surface area contributed by atoms with E-state index in [1.165, 1.54) is 202 Å². The summed E-state index contributed by atoms with van der Waals surface area (Å²) in [4.78, 5) is 0. The van der Waals surface area contributed by atoms with E-state index in [9.17, 15) is 0 Å². The van der Waals surface area contributed by atoms with Gasteiger partial charge in [0.1, 0.15) is 33.5 Å².